The number of ether oxygens (including phenoxy) is 1. The Hall–Kier alpha value is -2.58. The van der Waals surface area contributed by atoms with Gasteiger partial charge in [0, 0.05) is 11.1 Å². The molecule has 0 aliphatic heterocycles. The molecule has 0 aliphatic rings. The summed E-state index contributed by atoms with van der Waals surface area (Å²) in [5.74, 6) is -1.20. The van der Waals surface area contributed by atoms with E-state index >= 15 is 0 Å². The van der Waals surface area contributed by atoms with Gasteiger partial charge in [-0.1, -0.05) is 18.2 Å². The van der Waals surface area contributed by atoms with Crippen LogP contribution in [0.25, 0.3) is 11.0 Å². The number of benzene rings is 1. The summed E-state index contributed by atoms with van der Waals surface area (Å²) in [5.41, 5.74) is 0.845. The van der Waals surface area contributed by atoms with E-state index in [1.54, 1.807) is 31.2 Å². The maximum Gasteiger partial charge on any atom is 0.340 e. The number of carbonyl (C=O) groups excluding carboxylic acids is 1. The molecular weight excluding hydrogens is 335 g/mol. The fourth-order valence-electron chi connectivity index (χ4n) is 2.44. The minimum Gasteiger partial charge on any atom is -0.465 e. The molecule has 1 atom stereocenters. The smallest absolute Gasteiger partial charge is 0.340 e. The first kappa shape index (κ1) is 17.8. The minimum absolute atomic E-state index is 0. The van der Waals surface area contributed by atoms with Gasteiger partial charge in [-0.25, -0.2) is 22.4 Å². The summed E-state index contributed by atoms with van der Waals surface area (Å²) in [6.07, 6.45) is 1.03. The first-order valence-electron chi connectivity index (χ1n) is 6.76. The summed E-state index contributed by atoms with van der Waals surface area (Å²) in [6, 6.07) is 9.96. The number of methoxy groups -OCH3 is 1. The highest BCUT2D eigenvalue weighted by Gasteiger charge is 2.25. The number of pyridine rings is 1. The van der Waals surface area contributed by atoms with Gasteiger partial charge in [0.2, 0.25) is 0 Å². The number of carbonyl (C=O) groups is 1. The molecule has 0 saturated carbocycles. The van der Waals surface area contributed by atoms with Gasteiger partial charge in [-0.3, -0.25) is 0 Å². The summed E-state index contributed by atoms with van der Waals surface area (Å²) < 4.78 is 32.6. The quantitative estimate of drug-likeness (QED) is 0.676. The van der Waals surface area contributed by atoms with Gasteiger partial charge in [0.1, 0.15) is 5.82 Å². The highest BCUT2D eigenvalue weighted by atomic mass is 32.2. The number of esters is 1. The SMILES string of the molecule is COC(=O)c1c(C)n(S(=O)c2ccccc2)c2ncc(F)cc12.O. The monoisotopic (exact) mass is 350 g/mol. The molecule has 1 unspecified atom stereocenters. The van der Waals surface area contributed by atoms with Crippen molar-refractivity contribution in [2.24, 2.45) is 0 Å². The third kappa shape index (κ3) is 2.81. The predicted molar refractivity (Wildman–Crippen MR) is 87.6 cm³/mol. The van der Waals surface area contributed by atoms with E-state index in [1.807, 2.05) is 6.07 Å². The van der Waals surface area contributed by atoms with Gasteiger partial charge in [0.25, 0.3) is 0 Å². The Morgan fingerprint density at radius 2 is 1.96 bits per heavy atom. The lowest BCUT2D eigenvalue weighted by atomic mass is 10.2. The molecule has 2 heterocycles. The Morgan fingerprint density at radius 1 is 1.29 bits per heavy atom. The van der Waals surface area contributed by atoms with Crippen LogP contribution >= 0.6 is 0 Å². The summed E-state index contributed by atoms with van der Waals surface area (Å²) in [5, 5.41) is 0.277. The number of hydrogen-bond donors (Lipinski definition) is 0. The molecule has 2 N–H and O–H groups in total. The molecule has 0 radical (unpaired) electrons. The molecular formula is C16H15FN2O4S. The minimum atomic E-state index is -1.61. The Labute approximate surface area is 139 Å². The van der Waals surface area contributed by atoms with E-state index in [0.717, 1.165) is 6.20 Å². The van der Waals surface area contributed by atoms with Crippen molar-refractivity contribution in [2.45, 2.75) is 11.8 Å². The molecule has 0 spiro atoms. The van der Waals surface area contributed by atoms with Crippen molar-refractivity contribution in [1.29, 1.82) is 0 Å². The third-order valence-electron chi connectivity index (χ3n) is 3.46. The predicted octanol–water partition coefficient (Wildman–Crippen LogP) is 2.02. The van der Waals surface area contributed by atoms with E-state index in [2.05, 4.69) is 4.98 Å². The number of hydrogen-bond acceptors (Lipinski definition) is 4. The standard InChI is InChI=1S/C16H13FN2O3S.H2O/c1-10-14(16(20)22-2)13-8-11(17)9-18-15(13)19(10)23(21)12-6-4-3-5-7-12;/h3-9H,1-2H3;1H2. The van der Waals surface area contributed by atoms with Gasteiger partial charge >= 0.3 is 5.97 Å². The second-order valence-electron chi connectivity index (χ2n) is 4.83. The first-order valence-corrected chi connectivity index (χ1v) is 7.87. The van der Waals surface area contributed by atoms with Crippen LogP contribution in [0, 0.1) is 12.7 Å². The average molecular weight is 350 g/mol. The molecule has 0 saturated heterocycles. The average Bonchev–Trinajstić information content (AvgIpc) is 2.85. The van der Waals surface area contributed by atoms with E-state index in [0.29, 0.717) is 10.6 Å². The molecule has 2 aromatic heterocycles. The van der Waals surface area contributed by atoms with Crippen molar-refractivity contribution >= 4 is 28.0 Å². The van der Waals surface area contributed by atoms with E-state index in [-0.39, 0.29) is 22.1 Å². The second-order valence-corrected chi connectivity index (χ2v) is 6.17. The number of rotatable bonds is 3. The number of fused-ring (bicyclic) bond motifs is 1. The summed E-state index contributed by atoms with van der Waals surface area (Å²) >= 11 is 0. The lowest BCUT2D eigenvalue weighted by Gasteiger charge is -2.07. The zero-order valence-electron chi connectivity index (χ0n) is 12.9. The number of aromatic nitrogens is 2. The third-order valence-corrected chi connectivity index (χ3v) is 4.92. The van der Waals surface area contributed by atoms with Crippen molar-refractivity contribution in [2.75, 3.05) is 7.11 Å². The van der Waals surface area contributed by atoms with Crippen LogP contribution in [-0.4, -0.2) is 31.7 Å². The molecule has 24 heavy (non-hydrogen) atoms. The first-order chi connectivity index (χ1) is 11.0. The van der Waals surface area contributed by atoms with Crippen molar-refractivity contribution in [3.05, 3.63) is 59.7 Å². The normalized spacial score (nSPS) is 11.8. The van der Waals surface area contributed by atoms with Crippen LogP contribution in [0.15, 0.2) is 47.5 Å². The molecule has 6 nitrogen and oxygen atoms in total. The fraction of sp³-hybridized carbons (Fsp3) is 0.125. The Kier molecular flexibility index (Phi) is 5.10. The van der Waals surface area contributed by atoms with Crippen LogP contribution in [0.3, 0.4) is 0 Å². The molecule has 1 aromatic carbocycles. The van der Waals surface area contributed by atoms with Crippen LogP contribution in [0.4, 0.5) is 4.39 Å². The van der Waals surface area contributed by atoms with Crippen molar-refractivity contribution < 1.29 is 23.6 Å². The van der Waals surface area contributed by atoms with Gasteiger partial charge in [0.05, 0.1) is 23.8 Å². The highest BCUT2D eigenvalue weighted by molar-refractivity contribution is 7.83. The van der Waals surface area contributed by atoms with Crippen LogP contribution in [-0.2, 0) is 15.7 Å². The summed E-state index contributed by atoms with van der Waals surface area (Å²) in [6.45, 7) is 1.63. The van der Waals surface area contributed by atoms with Gasteiger partial charge in [-0.05, 0) is 25.1 Å². The zero-order valence-corrected chi connectivity index (χ0v) is 13.8. The lowest BCUT2D eigenvalue weighted by molar-refractivity contribution is 0.0602. The summed E-state index contributed by atoms with van der Waals surface area (Å²) in [4.78, 5) is 16.6. The van der Waals surface area contributed by atoms with Gasteiger partial charge in [0.15, 0.2) is 16.6 Å². The molecule has 0 bridgehead atoms. The topological polar surface area (TPSA) is 92.7 Å². The van der Waals surface area contributed by atoms with E-state index in [4.69, 9.17) is 4.74 Å². The van der Waals surface area contributed by atoms with Gasteiger partial charge in [-0.15, -0.1) is 0 Å². The molecule has 3 rings (SSSR count). The van der Waals surface area contributed by atoms with Crippen LogP contribution in [0.5, 0.6) is 0 Å². The molecule has 0 amide bonds. The Balaban J connectivity index is 0.00000208. The summed E-state index contributed by atoms with van der Waals surface area (Å²) in [7, 11) is -0.371. The molecule has 0 aliphatic carbocycles. The fourth-order valence-corrected chi connectivity index (χ4v) is 3.68. The van der Waals surface area contributed by atoms with Crippen LogP contribution in [0.1, 0.15) is 16.1 Å². The molecule has 126 valence electrons. The van der Waals surface area contributed by atoms with E-state index < -0.39 is 22.8 Å². The molecule has 8 heteroatoms. The zero-order chi connectivity index (χ0) is 16.6. The Bertz CT molecular complexity index is 925. The Morgan fingerprint density at radius 3 is 2.58 bits per heavy atom. The van der Waals surface area contributed by atoms with Crippen LogP contribution < -0.4 is 0 Å². The number of halogens is 1. The second kappa shape index (κ2) is 6.90. The van der Waals surface area contributed by atoms with Crippen LogP contribution in [0.2, 0.25) is 0 Å². The van der Waals surface area contributed by atoms with Crippen molar-refractivity contribution in [3.8, 4) is 0 Å². The van der Waals surface area contributed by atoms with Gasteiger partial charge < -0.3 is 10.2 Å². The van der Waals surface area contributed by atoms with E-state index in [1.165, 1.54) is 17.1 Å². The number of nitrogens with zero attached hydrogens (tertiary/aromatic N) is 2. The van der Waals surface area contributed by atoms with Gasteiger partial charge in [-0.2, -0.15) is 0 Å². The highest BCUT2D eigenvalue weighted by Crippen LogP contribution is 2.28. The maximum atomic E-state index is 13.5. The van der Waals surface area contributed by atoms with Crippen molar-refractivity contribution in [3.63, 3.8) is 0 Å². The maximum absolute atomic E-state index is 13.5. The van der Waals surface area contributed by atoms with E-state index in [9.17, 15) is 13.4 Å². The largest absolute Gasteiger partial charge is 0.465 e. The molecule has 0 fully saturated rings. The van der Waals surface area contributed by atoms with Crippen molar-refractivity contribution in [1.82, 2.24) is 8.96 Å². The molecule has 3 aromatic rings. The lowest BCUT2D eigenvalue weighted by Crippen LogP contribution is -2.09.